The average Bonchev–Trinajstić information content (AvgIpc) is 2.35. The molecule has 1 amide bonds. The maximum absolute atomic E-state index is 11.7. The van der Waals surface area contributed by atoms with E-state index in [1.54, 1.807) is 6.07 Å². The molecule has 7 heteroatoms. The fourth-order valence-electron chi connectivity index (χ4n) is 1.18. The van der Waals surface area contributed by atoms with Crippen molar-refractivity contribution in [2.24, 2.45) is 0 Å². The Morgan fingerprint density at radius 3 is 3.06 bits per heavy atom. The fraction of sp³-hybridized carbons (Fsp3) is 0.200. The Morgan fingerprint density at radius 1 is 1.53 bits per heavy atom. The standard InChI is InChI=1S/C10H8BrClN2O3/c11-6-3-7(9(12)13-4-6)14-10(15)8-5-16-1-2-17-8/h3-5H,1-2H2,(H,14,15). The smallest absolute Gasteiger partial charge is 0.294 e. The maximum atomic E-state index is 11.7. The van der Waals surface area contributed by atoms with Crippen molar-refractivity contribution >= 4 is 39.1 Å². The van der Waals surface area contributed by atoms with E-state index in [0.717, 1.165) is 0 Å². The Labute approximate surface area is 111 Å². The Kier molecular flexibility index (Phi) is 3.86. The van der Waals surface area contributed by atoms with Crippen LogP contribution in [-0.2, 0) is 14.3 Å². The molecule has 1 aliphatic heterocycles. The van der Waals surface area contributed by atoms with Gasteiger partial charge >= 0.3 is 0 Å². The number of nitrogens with one attached hydrogen (secondary N) is 1. The van der Waals surface area contributed by atoms with Gasteiger partial charge in [-0.05, 0) is 22.0 Å². The fourth-order valence-corrected chi connectivity index (χ4v) is 1.66. The number of hydrogen-bond donors (Lipinski definition) is 1. The largest absolute Gasteiger partial charge is 0.494 e. The van der Waals surface area contributed by atoms with Crippen molar-refractivity contribution in [3.63, 3.8) is 0 Å². The molecule has 0 unspecified atom stereocenters. The topological polar surface area (TPSA) is 60.5 Å². The number of rotatable bonds is 2. The van der Waals surface area contributed by atoms with Crippen molar-refractivity contribution in [2.45, 2.75) is 0 Å². The van der Waals surface area contributed by atoms with Gasteiger partial charge in [0, 0.05) is 10.7 Å². The highest BCUT2D eigenvalue weighted by molar-refractivity contribution is 9.10. The van der Waals surface area contributed by atoms with E-state index in [4.69, 9.17) is 21.1 Å². The van der Waals surface area contributed by atoms with Gasteiger partial charge < -0.3 is 14.8 Å². The molecule has 0 bridgehead atoms. The first-order chi connectivity index (χ1) is 8.16. The first-order valence-electron chi connectivity index (χ1n) is 4.74. The molecule has 2 heterocycles. The molecule has 1 aromatic heterocycles. The van der Waals surface area contributed by atoms with Crippen LogP contribution < -0.4 is 5.32 Å². The van der Waals surface area contributed by atoms with E-state index < -0.39 is 5.91 Å². The van der Waals surface area contributed by atoms with Gasteiger partial charge in [-0.3, -0.25) is 4.79 Å². The Hall–Kier alpha value is -1.27. The summed E-state index contributed by atoms with van der Waals surface area (Å²) < 4.78 is 10.8. The molecule has 0 saturated carbocycles. The number of carbonyl (C=O) groups excluding carboxylic acids is 1. The number of hydrogen-bond acceptors (Lipinski definition) is 4. The first kappa shape index (κ1) is 12.2. The summed E-state index contributed by atoms with van der Waals surface area (Å²) in [7, 11) is 0. The normalized spacial score (nSPS) is 14.4. The number of amides is 1. The van der Waals surface area contributed by atoms with Crippen LogP contribution in [0.5, 0.6) is 0 Å². The van der Waals surface area contributed by atoms with Crippen molar-refractivity contribution in [1.29, 1.82) is 0 Å². The van der Waals surface area contributed by atoms with Gasteiger partial charge in [0.2, 0.25) is 5.76 Å². The first-order valence-corrected chi connectivity index (χ1v) is 5.91. The third-order valence-corrected chi connectivity index (χ3v) is 2.66. The predicted octanol–water partition coefficient (Wildman–Crippen LogP) is 2.32. The minimum absolute atomic E-state index is 0.118. The molecule has 2 rings (SSSR count). The highest BCUT2D eigenvalue weighted by Gasteiger charge is 2.16. The van der Waals surface area contributed by atoms with Gasteiger partial charge in [-0.15, -0.1) is 0 Å². The van der Waals surface area contributed by atoms with Gasteiger partial charge in [-0.25, -0.2) is 4.98 Å². The molecule has 90 valence electrons. The van der Waals surface area contributed by atoms with Crippen molar-refractivity contribution < 1.29 is 14.3 Å². The third kappa shape index (κ3) is 3.10. The van der Waals surface area contributed by atoms with Crippen LogP contribution in [0.4, 0.5) is 5.69 Å². The minimum atomic E-state index is -0.425. The van der Waals surface area contributed by atoms with Gasteiger partial charge in [0.25, 0.3) is 5.91 Å². The van der Waals surface area contributed by atoms with Crippen molar-refractivity contribution in [1.82, 2.24) is 4.98 Å². The zero-order chi connectivity index (χ0) is 12.3. The lowest BCUT2D eigenvalue weighted by molar-refractivity contribution is -0.117. The zero-order valence-corrected chi connectivity index (χ0v) is 10.9. The quantitative estimate of drug-likeness (QED) is 0.850. The monoisotopic (exact) mass is 318 g/mol. The number of halogens is 2. The molecule has 0 atom stereocenters. The highest BCUT2D eigenvalue weighted by atomic mass is 79.9. The number of carbonyl (C=O) groups is 1. The Bertz CT molecular complexity index is 479. The molecule has 0 fully saturated rings. The second-order valence-electron chi connectivity index (χ2n) is 3.15. The van der Waals surface area contributed by atoms with Gasteiger partial charge in [-0.1, -0.05) is 11.6 Å². The summed E-state index contributed by atoms with van der Waals surface area (Å²) in [6.45, 7) is 0.791. The summed E-state index contributed by atoms with van der Waals surface area (Å²) in [6.07, 6.45) is 2.82. The van der Waals surface area contributed by atoms with Crippen molar-refractivity contribution in [3.8, 4) is 0 Å². The summed E-state index contributed by atoms with van der Waals surface area (Å²) in [5.74, 6) is -0.307. The van der Waals surface area contributed by atoms with E-state index in [-0.39, 0.29) is 10.9 Å². The Morgan fingerprint density at radius 2 is 2.35 bits per heavy atom. The summed E-state index contributed by atoms with van der Waals surface area (Å²) in [4.78, 5) is 15.6. The predicted molar refractivity (Wildman–Crippen MR) is 65.6 cm³/mol. The van der Waals surface area contributed by atoms with E-state index in [1.807, 2.05) is 0 Å². The number of ether oxygens (including phenoxy) is 2. The van der Waals surface area contributed by atoms with Crippen LogP contribution in [0.2, 0.25) is 5.15 Å². The molecule has 1 N–H and O–H groups in total. The van der Waals surface area contributed by atoms with Crippen molar-refractivity contribution in [3.05, 3.63) is 33.9 Å². The molecule has 0 spiro atoms. The van der Waals surface area contributed by atoms with E-state index in [1.165, 1.54) is 12.5 Å². The second kappa shape index (κ2) is 5.37. The number of nitrogens with zero attached hydrogens (tertiary/aromatic N) is 1. The SMILES string of the molecule is O=C(Nc1cc(Br)cnc1Cl)C1=COCCO1. The van der Waals surface area contributed by atoms with E-state index in [0.29, 0.717) is 23.4 Å². The van der Waals surface area contributed by atoms with Crippen LogP contribution in [0.25, 0.3) is 0 Å². The van der Waals surface area contributed by atoms with E-state index >= 15 is 0 Å². The second-order valence-corrected chi connectivity index (χ2v) is 4.42. The lowest BCUT2D eigenvalue weighted by Crippen LogP contribution is -2.21. The van der Waals surface area contributed by atoms with E-state index in [9.17, 15) is 4.79 Å². The van der Waals surface area contributed by atoms with Crippen molar-refractivity contribution in [2.75, 3.05) is 18.5 Å². The molecular weight excluding hydrogens is 311 g/mol. The van der Waals surface area contributed by atoms with Crippen LogP contribution in [0.15, 0.2) is 28.8 Å². The zero-order valence-electron chi connectivity index (χ0n) is 8.57. The van der Waals surface area contributed by atoms with Crippen LogP contribution in [0.1, 0.15) is 0 Å². The molecule has 0 radical (unpaired) electrons. The molecule has 1 aromatic rings. The molecule has 5 nitrogen and oxygen atoms in total. The van der Waals surface area contributed by atoms with Gasteiger partial charge in [-0.2, -0.15) is 0 Å². The lowest BCUT2D eigenvalue weighted by Gasteiger charge is -2.15. The number of pyridine rings is 1. The Balaban J connectivity index is 2.12. The molecule has 0 aromatic carbocycles. The van der Waals surface area contributed by atoms with Crippen LogP contribution in [0.3, 0.4) is 0 Å². The number of aromatic nitrogens is 1. The van der Waals surface area contributed by atoms with Gasteiger partial charge in [0.1, 0.15) is 19.5 Å². The van der Waals surface area contributed by atoms with E-state index in [2.05, 4.69) is 26.2 Å². The number of anilines is 1. The molecule has 0 saturated heterocycles. The average molecular weight is 320 g/mol. The van der Waals surface area contributed by atoms with Crippen LogP contribution in [0, 0.1) is 0 Å². The summed E-state index contributed by atoms with van der Waals surface area (Å²) >= 11 is 9.08. The molecular formula is C10H8BrClN2O3. The summed E-state index contributed by atoms with van der Waals surface area (Å²) in [6, 6.07) is 1.65. The highest BCUT2D eigenvalue weighted by Crippen LogP contribution is 2.23. The third-order valence-electron chi connectivity index (χ3n) is 1.93. The summed E-state index contributed by atoms with van der Waals surface area (Å²) in [5.41, 5.74) is 0.404. The molecule has 1 aliphatic rings. The minimum Gasteiger partial charge on any atom is -0.494 e. The van der Waals surface area contributed by atoms with Gasteiger partial charge in [0.15, 0.2) is 5.15 Å². The molecule has 17 heavy (non-hydrogen) atoms. The van der Waals surface area contributed by atoms with Crippen LogP contribution in [-0.4, -0.2) is 24.1 Å². The summed E-state index contributed by atoms with van der Waals surface area (Å²) in [5, 5.41) is 2.79. The van der Waals surface area contributed by atoms with Crippen LogP contribution >= 0.6 is 27.5 Å². The molecule has 0 aliphatic carbocycles. The lowest BCUT2D eigenvalue weighted by atomic mass is 10.4. The van der Waals surface area contributed by atoms with Gasteiger partial charge in [0.05, 0.1) is 5.69 Å². The maximum Gasteiger partial charge on any atom is 0.294 e.